The highest BCUT2D eigenvalue weighted by molar-refractivity contribution is 5.90. The molecular weight excluding hydrogens is 336 g/mol. The minimum Gasteiger partial charge on any atom is -0.358 e. The molecule has 0 radical (unpaired) electrons. The van der Waals surface area contributed by atoms with Crippen LogP contribution < -0.4 is 10.2 Å². The predicted octanol–water partition coefficient (Wildman–Crippen LogP) is 3.64. The number of rotatable bonds is 5. The average molecular weight is 362 g/mol. The first kappa shape index (κ1) is 17.6. The third-order valence-electron chi connectivity index (χ3n) is 5.34. The van der Waals surface area contributed by atoms with Gasteiger partial charge in [0, 0.05) is 42.4 Å². The minimum atomic E-state index is 0.0316. The summed E-state index contributed by atoms with van der Waals surface area (Å²) < 4.78 is 0. The van der Waals surface area contributed by atoms with Crippen LogP contribution in [0.25, 0.3) is 10.9 Å². The lowest BCUT2D eigenvalue weighted by atomic mass is 10.1. The lowest BCUT2D eigenvalue weighted by Crippen LogP contribution is -2.25. The Morgan fingerprint density at radius 2 is 2.00 bits per heavy atom. The summed E-state index contributed by atoms with van der Waals surface area (Å²) in [5.41, 5.74) is 5.45. The van der Waals surface area contributed by atoms with Crippen LogP contribution >= 0.6 is 0 Å². The maximum absolute atomic E-state index is 12.5. The maximum Gasteiger partial charge on any atom is 0.224 e. The standard InChI is InChI=1S/C22H26N4O/c1-15-5-7-20-19(11-15)18(16(2)25-20)12-22(27)24-14-17-6-8-21(23-13-17)26-9-3-4-10-26/h5-8,11,13,25H,3-4,9-10,12,14H2,1-2H3,(H,24,27). The van der Waals surface area contributed by atoms with Crippen molar-refractivity contribution >= 4 is 22.6 Å². The van der Waals surface area contributed by atoms with Gasteiger partial charge in [-0.15, -0.1) is 0 Å². The summed E-state index contributed by atoms with van der Waals surface area (Å²) >= 11 is 0. The fourth-order valence-corrected chi connectivity index (χ4v) is 3.80. The number of amides is 1. The number of carbonyl (C=O) groups excluding carboxylic acids is 1. The first-order chi connectivity index (χ1) is 13.1. The molecule has 0 unspecified atom stereocenters. The SMILES string of the molecule is Cc1ccc2[nH]c(C)c(CC(=O)NCc3ccc(N4CCCC4)nc3)c2c1. The average Bonchev–Trinajstić information content (AvgIpc) is 3.30. The summed E-state index contributed by atoms with van der Waals surface area (Å²) in [6.07, 6.45) is 4.74. The maximum atomic E-state index is 12.5. The lowest BCUT2D eigenvalue weighted by molar-refractivity contribution is -0.120. The second-order valence-corrected chi connectivity index (χ2v) is 7.45. The van der Waals surface area contributed by atoms with Crippen molar-refractivity contribution in [1.29, 1.82) is 0 Å². The molecule has 1 saturated heterocycles. The van der Waals surface area contributed by atoms with Crippen molar-refractivity contribution in [3.8, 4) is 0 Å². The van der Waals surface area contributed by atoms with E-state index < -0.39 is 0 Å². The van der Waals surface area contributed by atoms with E-state index in [0.29, 0.717) is 13.0 Å². The van der Waals surface area contributed by atoms with Crippen LogP contribution in [0, 0.1) is 13.8 Å². The van der Waals surface area contributed by atoms with Gasteiger partial charge in [-0.1, -0.05) is 17.7 Å². The van der Waals surface area contributed by atoms with E-state index in [2.05, 4.69) is 57.4 Å². The molecule has 0 aliphatic carbocycles. The molecule has 5 heteroatoms. The Morgan fingerprint density at radius 1 is 1.19 bits per heavy atom. The van der Waals surface area contributed by atoms with Crippen LogP contribution in [0.15, 0.2) is 36.5 Å². The van der Waals surface area contributed by atoms with E-state index in [1.807, 2.05) is 13.1 Å². The van der Waals surface area contributed by atoms with E-state index in [-0.39, 0.29) is 5.91 Å². The summed E-state index contributed by atoms with van der Waals surface area (Å²) in [5, 5.41) is 4.16. The van der Waals surface area contributed by atoms with E-state index in [1.54, 1.807) is 0 Å². The topological polar surface area (TPSA) is 61.0 Å². The number of nitrogens with zero attached hydrogens (tertiary/aromatic N) is 2. The molecule has 27 heavy (non-hydrogen) atoms. The molecule has 5 nitrogen and oxygen atoms in total. The molecular formula is C22H26N4O. The predicted molar refractivity (Wildman–Crippen MR) is 109 cm³/mol. The monoisotopic (exact) mass is 362 g/mol. The van der Waals surface area contributed by atoms with Crippen molar-refractivity contribution in [2.75, 3.05) is 18.0 Å². The van der Waals surface area contributed by atoms with Crippen molar-refractivity contribution in [1.82, 2.24) is 15.3 Å². The summed E-state index contributed by atoms with van der Waals surface area (Å²) in [6, 6.07) is 10.4. The summed E-state index contributed by atoms with van der Waals surface area (Å²) in [5.74, 6) is 1.07. The van der Waals surface area contributed by atoms with Crippen molar-refractivity contribution in [3.05, 3.63) is 58.9 Å². The molecule has 1 aromatic carbocycles. The van der Waals surface area contributed by atoms with Gasteiger partial charge >= 0.3 is 0 Å². The number of hydrogen-bond donors (Lipinski definition) is 2. The molecule has 0 spiro atoms. The summed E-state index contributed by atoms with van der Waals surface area (Å²) in [7, 11) is 0. The minimum absolute atomic E-state index is 0.0316. The van der Waals surface area contributed by atoms with Crippen LogP contribution in [0.3, 0.4) is 0 Å². The molecule has 0 bridgehead atoms. The number of H-pyrrole nitrogens is 1. The molecule has 1 aliphatic rings. The highest BCUT2D eigenvalue weighted by atomic mass is 16.1. The highest BCUT2D eigenvalue weighted by Crippen LogP contribution is 2.24. The number of aromatic amines is 1. The number of hydrogen-bond acceptors (Lipinski definition) is 3. The second kappa shape index (κ2) is 7.43. The van der Waals surface area contributed by atoms with Gasteiger partial charge < -0.3 is 15.2 Å². The molecule has 1 fully saturated rings. The van der Waals surface area contributed by atoms with E-state index in [0.717, 1.165) is 46.6 Å². The van der Waals surface area contributed by atoms with Crippen molar-refractivity contribution in [2.45, 2.75) is 39.7 Å². The smallest absolute Gasteiger partial charge is 0.224 e. The molecule has 1 amide bonds. The molecule has 0 atom stereocenters. The van der Waals surface area contributed by atoms with Gasteiger partial charge in [-0.05, 0) is 56.0 Å². The zero-order valence-electron chi connectivity index (χ0n) is 16.0. The van der Waals surface area contributed by atoms with Crippen molar-refractivity contribution < 1.29 is 4.79 Å². The number of aromatic nitrogens is 2. The van der Waals surface area contributed by atoms with Crippen LogP contribution in [-0.2, 0) is 17.8 Å². The molecule has 3 aromatic rings. The second-order valence-electron chi connectivity index (χ2n) is 7.45. The fraction of sp³-hybridized carbons (Fsp3) is 0.364. The molecule has 2 aromatic heterocycles. The van der Waals surface area contributed by atoms with Crippen LogP contribution in [0.4, 0.5) is 5.82 Å². The number of anilines is 1. The number of pyridine rings is 1. The van der Waals surface area contributed by atoms with Gasteiger partial charge in [0.05, 0.1) is 6.42 Å². The van der Waals surface area contributed by atoms with Gasteiger partial charge in [0.25, 0.3) is 0 Å². The molecule has 140 valence electrons. The highest BCUT2D eigenvalue weighted by Gasteiger charge is 2.14. The third-order valence-corrected chi connectivity index (χ3v) is 5.34. The first-order valence-corrected chi connectivity index (χ1v) is 9.64. The Bertz CT molecular complexity index is 952. The molecule has 0 saturated carbocycles. The Kier molecular flexibility index (Phi) is 4.84. The fourth-order valence-electron chi connectivity index (χ4n) is 3.80. The lowest BCUT2D eigenvalue weighted by Gasteiger charge is -2.16. The number of benzene rings is 1. The number of carbonyl (C=O) groups is 1. The third kappa shape index (κ3) is 3.82. The quantitative estimate of drug-likeness (QED) is 0.728. The summed E-state index contributed by atoms with van der Waals surface area (Å²) in [4.78, 5) is 22.7. The largest absolute Gasteiger partial charge is 0.358 e. The van der Waals surface area contributed by atoms with Gasteiger partial charge in [0.2, 0.25) is 5.91 Å². The number of nitrogens with one attached hydrogen (secondary N) is 2. The van der Waals surface area contributed by atoms with Gasteiger partial charge in [0.1, 0.15) is 5.82 Å². The van der Waals surface area contributed by atoms with E-state index in [9.17, 15) is 4.79 Å². The normalized spacial score (nSPS) is 14.1. The molecule has 1 aliphatic heterocycles. The van der Waals surface area contributed by atoms with Crippen LogP contribution in [0.2, 0.25) is 0 Å². The van der Waals surface area contributed by atoms with Gasteiger partial charge in [-0.25, -0.2) is 4.98 Å². The number of fused-ring (bicyclic) bond motifs is 1. The Morgan fingerprint density at radius 3 is 2.74 bits per heavy atom. The van der Waals surface area contributed by atoms with Crippen LogP contribution in [0.1, 0.15) is 35.2 Å². The molecule has 4 rings (SSSR count). The zero-order valence-corrected chi connectivity index (χ0v) is 16.0. The first-order valence-electron chi connectivity index (χ1n) is 9.64. The summed E-state index contributed by atoms with van der Waals surface area (Å²) in [6.45, 7) is 6.79. The molecule has 3 heterocycles. The van der Waals surface area contributed by atoms with Gasteiger partial charge in [0.15, 0.2) is 0 Å². The Hall–Kier alpha value is -2.82. The zero-order chi connectivity index (χ0) is 18.8. The van der Waals surface area contributed by atoms with E-state index in [4.69, 9.17) is 0 Å². The van der Waals surface area contributed by atoms with Crippen molar-refractivity contribution in [3.63, 3.8) is 0 Å². The Labute approximate surface area is 159 Å². The number of aryl methyl sites for hydroxylation is 2. The van der Waals surface area contributed by atoms with E-state index >= 15 is 0 Å². The Balaban J connectivity index is 1.38. The van der Waals surface area contributed by atoms with Gasteiger partial charge in [-0.3, -0.25) is 4.79 Å². The van der Waals surface area contributed by atoms with Crippen LogP contribution in [-0.4, -0.2) is 29.0 Å². The van der Waals surface area contributed by atoms with E-state index in [1.165, 1.54) is 18.4 Å². The van der Waals surface area contributed by atoms with Gasteiger partial charge in [-0.2, -0.15) is 0 Å². The van der Waals surface area contributed by atoms with Crippen molar-refractivity contribution in [2.24, 2.45) is 0 Å². The molecule has 2 N–H and O–H groups in total. The van der Waals surface area contributed by atoms with Crippen LogP contribution in [0.5, 0.6) is 0 Å².